The van der Waals surface area contributed by atoms with Crippen molar-refractivity contribution < 1.29 is 37.0 Å². The normalized spacial score (nSPS) is 17.7. The second-order valence-corrected chi connectivity index (χ2v) is 13.2. The summed E-state index contributed by atoms with van der Waals surface area (Å²) in [5.74, 6) is 0.971. The summed E-state index contributed by atoms with van der Waals surface area (Å²) in [5.41, 5.74) is 4.68. The Hall–Kier alpha value is -4.58. The summed E-state index contributed by atoms with van der Waals surface area (Å²) in [5, 5.41) is 0. The van der Waals surface area contributed by atoms with Gasteiger partial charge >= 0.3 is 18.2 Å². The molecule has 0 N–H and O–H groups in total. The molecule has 0 aliphatic carbocycles. The van der Waals surface area contributed by atoms with Gasteiger partial charge < -0.3 is 19.1 Å². The van der Waals surface area contributed by atoms with Crippen LogP contribution in [0.5, 0.6) is 5.75 Å². The van der Waals surface area contributed by atoms with Gasteiger partial charge in [-0.25, -0.2) is 14.6 Å². The van der Waals surface area contributed by atoms with Crippen LogP contribution in [0.2, 0.25) is 0 Å². The fraction of sp³-hybridized carbons (Fsp3) is 0.361. The highest BCUT2D eigenvalue weighted by atomic mass is 32.1. The summed E-state index contributed by atoms with van der Waals surface area (Å²) in [6, 6.07) is 12.9. The minimum Gasteiger partial charge on any atom is -0.496 e. The third kappa shape index (κ3) is 6.09. The fourth-order valence-corrected chi connectivity index (χ4v) is 7.48. The number of esters is 1. The molecule has 0 radical (unpaired) electrons. The number of methoxy groups -OCH3 is 2. The van der Waals surface area contributed by atoms with E-state index in [-0.39, 0.29) is 18.1 Å². The number of halogens is 3. The second-order valence-electron chi connectivity index (χ2n) is 12.2. The molecule has 48 heavy (non-hydrogen) atoms. The van der Waals surface area contributed by atoms with Crippen molar-refractivity contribution in [3.63, 3.8) is 0 Å². The average molecular weight is 680 g/mol. The number of hydrogen-bond donors (Lipinski definition) is 0. The van der Waals surface area contributed by atoms with E-state index in [4.69, 9.17) is 19.2 Å². The zero-order valence-corrected chi connectivity index (χ0v) is 28.3. The number of benzene rings is 2. The molecular formula is C36H36F3N3O5S. The van der Waals surface area contributed by atoms with E-state index >= 15 is 0 Å². The molecule has 252 valence electrons. The number of pyridine rings is 1. The van der Waals surface area contributed by atoms with Crippen LogP contribution >= 0.6 is 11.3 Å². The first-order valence-corrected chi connectivity index (χ1v) is 16.4. The van der Waals surface area contributed by atoms with Gasteiger partial charge in [-0.3, -0.25) is 4.90 Å². The number of anilines is 1. The molecule has 8 nitrogen and oxygen atoms in total. The molecule has 0 unspecified atom stereocenters. The van der Waals surface area contributed by atoms with Crippen molar-refractivity contribution in [3.05, 3.63) is 86.9 Å². The minimum absolute atomic E-state index is 0.0580. The maximum Gasteiger partial charge on any atom is 0.416 e. The number of aromatic nitrogens is 1. The largest absolute Gasteiger partial charge is 0.496 e. The molecule has 0 bridgehead atoms. The van der Waals surface area contributed by atoms with E-state index in [1.54, 1.807) is 27.0 Å². The number of cyclic esters (lactones) is 1. The van der Waals surface area contributed by atoms with Crippen molar-refractivity contribution >= 4 is 29.2 Å². The van der Waals surface area contributed by atoms with E-state index in [0.29, 0.717) is 21.9 Å². The smallest absolute Gasteiger partial charge is 0.416 e. The summed E-state index contributed by atoms with van der Waals surface area (Å²) in [4.78, 5) is 36.0. The lowest BCUT2D eigenvalue weighted by Crippen LogP contribution is -2.38. The van der Waals surface area contributed by atoms with Gasteiger partial charge in [0.25, 0.3) is 0 Å². The molecule has 2 aromatic carbocycles. The number of ether oxygens (including phenoxy) is 3. The maximum absolute atomic E-state index is 13.6. The van der Waals surface area contributed by atoms with Gasteiger partial charge in [-0.05, 0) is 98.8 Å². The van der Waals surface area contributed by atoms with Crippen LogP contribution in [-0.2, 0) is 22.2 Å². The molecule has 0 saturated carbocycles. The average Bonchev–Trinajstić information content (AvgIpc) is 3.48. The van der Waals surface area contributed by atoms with Crippen molar-refractivity contribution in [2.45, 2.75) is 59.0 Å². The van der Waals surface area contributed by atoms with E-state index in [1.165, 1.54) is 23.3 Å². The lowest BCUT2D eigenvalue weighted by molar-refractivity contribution is -0.137. The van der Waals surface area contributed by atoms with Gasteiger partial charge in [0.05, 0.1) is 38.1 Å². The molecule has 0 spiro atoms. The van der Waals surface area contributed by atoms with Gasteiger partial charge in [0.1, 0.15) is 22.5 Å². The summed E-state index contributed by atoms with van der Waals surface area (Å²) >= 11 is 1.36. The Morgan fingerprint density at radius 3 is 2.42 bits per heavy atom. The van der Waals surface area contributed by atoms with E-state index in [1.807, 2.05) is 44.2 Å². The van der Waals surface area contributed by atoms with Gasteiger partial charge in [0.15, 0.2) is 0 Å². The predicted octanol–water partition coefficient (Wildman–Crippen LogP) is 8.51. The molecule has 2 aliphatic rings. The van der Waals surface area contributed by atoms with E-state index in [2.05, 4.69) is 4.90 Å². The van der Waals surface area contributed by atoms with E-state index < -0.39 is 30.0 Å². The van der Waals surface area contributed by atoms with Crippen LogP contribution in [0, 0.1) is 20.8 Å². The number of amides is 1. The summed E-state index contributed by atoms with van der Waals surface area (Å²) in [6.45, 7) is 9.01. The highest BCUT2D eigenvalue weighted by Gasteiger charge is 2.42. The molecule has 2 aliphatic heterocycles. The predicted molar refractivity (Wildman–Crippen MR) is 178 cm³/mol. The Morgan fingerprint density at radius 2 is 1.77 bits per heavy atom. The number of aryl methyl sites for hydroxylation is 1. The van der Waals surface area contributed by atoms with Crippen LogP contribution in [-0.4, -0.2) is 55.3 Å². The van der Waals surface area contributed by atoms with Gasteiger partial charge in [0.2, 0.25) is 0 Å². The van der Waals surface area contributed by atoms with Crippen molar-refractivity contribution in [1.82, 2.24) is 9.88 Å². The standard InChI is InChI=1S/C36H36F3N3O5S/c1-19-14-24(16-25(15-19)36(37,38)39)31-22(4)42(35(44)47-31)18-28-26(9-11-30(40-28)41-12-7-13-41)27-17-23(8-10-29(27)45-5)32-20(2)21(3)33(48-32)34(43)46-6/h8-11,14-17,22,31H,7,12-13,18H2,1-6H3/t22-,31-/m0/s1. The third-order valence-corrected chi connectivity index (χ3v) is 10.6. The molecule has 2 saturated heterocycles. The topological polar surface area (TPSA) is 81.2 Å². The van der Waals surface area contributed by atoms with Gasteiger partial charge in [0, 0.05) is 29.1 Å². The molecule has 2 aromatic heterocycles. The van der Waals surface area contributed by atoms with Crippen LogP contribution in [0.15, 0.2) is 48.5 Å². The summed E-state index contributed by atoms with van der Waals surface area (Å²) in [6.07, 6.45) is -5.01. The number of carbonyl (C=O) groups excluding carboxylic acids is 2. The number of rotatable bonds is 8. The molecule has 4 heterocycles. The monoisotopic (exact) mass is 679 g/mol. The van der Waals surface area contributed by atoms with E-state index in [9.17, 15) is 22.8 Å². The Kier molecular flexibility index (Phi) is 8.88. The number of alkyl halides is 3. The van der Waals surface area contributed by atoms with Crippen LogP contribution in [0.25, 0.3) is 21.6 Å². The number of hydrogen-bond acceptors (Lipinski definition) is 8. The molecule has 4 aromatic rings. The van der Waals surface area contributed by atoms with Crippen molar-refractivity contribution in [1.29, 1.82) is 0 Å². The minimum atomic E-state index is -4.53. The zero-order valence-electron chi connectivity index (χ0n) is 27.5. The Labute approximate surface area is 281 Å². The van der Waals surface area contributed by atoms with Crippen LogP contribution < -0.4 is 9.64 Å². The molecule has 2 fully saturated rings. The van der Waals surface area contributed by atoms with Crippen LogP contribution in [0.4, 0.5) is 23.8 Å². The number of carbonyl (C=O) groups is 2. The first-order chi connectivity index (χ1) is 22.8. The Bertz CT molecular complexity index is 1900. The Balaban J connectivity index is 1.41. The quantitative estimate of drug-likeness (QED) is 0.173. The number of nitrogens with zero attached hydrogens (tertiary/aromatic N) is 3. The molecule has 2 atom stereocenters. The Morgan fingerprint density at radius 1 is 1.02 bits per heavy atom. The van der Waals surface area contributed by atoms with Crippen LogP contribution in [0.3, 0.4) is 0 Å². The second kappa shape index (κ2) is 12.8. The SMILES string of the molecule is COC(=O)c1sc(-c2ccc(OC)c(-c3ccc(N4CCC4)nc3CN3C(=O)O[C@H](c4cc(C)cc(C(F)(F)F)c4)[C@@H]3C)c2)c(C)c1C. The fourth-order valence-electron chi connectivity index (χ4n) is 6.26. The van der Waals surface area contributed by atoms with E-state index in [0.717, 1.165) is 70.2 Å². The van der Waals surface area contributed by atoms with Gasteiger partial charge in [-0.1, -0.05) is 11.6 Å². The summed E-state index contributed by atoms with van der Waals surface area (Å²) < 4.78 is 57.5. The first-order valence-electron chi connectivity index (χ1n) is 15.6. The third-order valence-electron chi connectivity index (χ3n) is 9.18. The first kappa shape index (κ1) is 33.3. The number of thiophene rings is 1. The van der Waals surface area contributed by atoms with Crippen LogP contribution in [0.1, 0.15) is 62.6 Å². The van der Waals surface area contributed by atoms with Crippen molar-refractivity contribution in [2.75, 3.05) is 32.2 Å². The molecule has 12 heteroatoms. The maximum atomic E-state index is 13.6. The summed E-state index contributed by atoms with van der Waals surface area (Å²) in [7, 11) is 2.94. The van der Waals surface area contributed by atoms with Gasteiger partial charge in [-0.2, -0.15) is 13.2 Å². The highest BCUT2D eigenvalue weighted by molar-refractivity contribution is 7.17. The zero-order chi connectivity index (χ0) is 34.5. The van der Waals surface area contributed by atoms with Gasteiger partial charge in [-0.15, -0.1) is 11.3 Å². The lowest BCUT2D eigenvalue weighted by Gasteiger charge is -2.33. The van der Waals surface area contributed by atoms with Crippen molar-refractivity contribution in [3.8, 4) is 27.3 Å². The molecule has 1 amide bonds. The molecular weight excluding hydrogens is 643 g/mol. The highest BCUT2D eigenvalue weighted by Crippen LogP contribution is 2.43. The van der Waals surface area contributed by atoms with Crippen molar-refractivity contribution in [2.24, 2.45) is 0 Å². The molecule has 6 rings (SSSR count). The lowest BCUT2D eigenvalue weighted by atomic mass is 9.96.